The van der Waals surface area contributed by atoms with Crippen LogP contribution < -0.4 is 5.32 Å². The molecule has 0 atom stereocenters. The van der Waals surface area contributed by atoms with E-state index in [1.165, 1.54) is 5.52 Å². The summed E-state index contributed by atoms with van der Waals surface area (Å²) in [6.45, 7) is 4.88. The molecule has 0 aliphatic rings. The van der Waals surface area contributed by atoms with Gasteiger partial charge in [0.2, 0.25) is 0 Å². The van der Waals surface area contributed by atoms with Crippen LogP contribution in [0.2, 0.25) is 0 Å². The smallest absolute Gasteiger partial charge is 0.0958 e. The van der Waals surface area contributed by atoms with Gasteiger partial charge in [-0.1, -0.05) is 12.1 Å². The minimum absolute atomic E-state index is 0.856. The molecule has 2 heterocycles. The second-order valence-corrected chi connectivity index (χ2v) is 5.88. The molecule has 1 aromatic carbocycles. The Morgan fingerprint density at radius 2 is 2.20 bits per heavy atom. The van der Waals surface area contributed by atoms with E-state index in [1.54, 1.807) is 11.3 Å². The summed E-state index contributed by atoms with van der Waals surface area (Å²) in [6.07, 6.45) is 3.01. The summed E-state index contributed by atoms with van der Waals surface area (Å²) in [6, 6.07) is 8.25. The van der Waals surface area contributed by atoms with Gasteiger partial charge >= 0.3 is 0 Å². The third kappa shape index (κ3) is 3.05. The number of imidazole rings is 1. The van der Waals surface area contributed by atoms with Gasteiger partial charge in [-0.3, -0.25) is 0 Å². The Morgan fingerprint density at radius 1 is 1.30 bits per heavy atom. The molecule has 0 amide bonds. The van der Waals surface area contributed by atoms with Crippen molar-refractivity contribution in [2.24, 2.45) is 0 Å². The summed E-state index contributed by atoms with van der Waals surface area (Å²) in [4.78, 5) is 8.84. The van der Waals surface area contributed by atoms with E-state index in [0.717, 1.165) is 42.3 Å². The molecule has 4 nitrogen and oxygen atoms in total. The summed E-state index contributed by atoms with van der Waals surface area (Å²) in [7, 11) is 0. The van der Waals surface area contributed by atoms with Gasteiger partial charge in [0.1, 0.15) is 0 Å². The number of para-hydroxylation sites is 2. The summed E-state index contributed by atoms with van der Waals surface area (Å²) in [5.74, 6) is 0. The maximum absolute atomic E-state index is 4.44. The van der Waals surface area contributed by atoms with Crippen LogP contribution in [0, 0.1) is 6.92 Å². The molecule has 104 valence electrons. The number of benzene rings is 1. The monoisotopic (exact) mass is 286 g/mol. The SMILES string of the molecule is Cc1nc(CNCCCn2cnc3ccccc32)cs1. The Bertz CT molecular complexity index is 686. The van der Waals surface area contributed by atoms with E-state index in [4.69, 9.17) is 0 Å². The average molecular weight is 286 g/mol. The van der Waals surface area contributed by atoms with Crippen LogP contribution in [0.25, 0.3) is 11.0 Å². The molecule has 0 aliphatic heterocycles. The van der Waals surface area contributed by atoms with Gasteiger partial charge in [-0.25, -0.2) is 9.97 Å². The molecule has 3 rings (SSSR count). The first-order valence-corrected chi connectivity index (χ1v) is 7.72. The Balaban J connectivity index is 1.46. The first kappa shape index (κ1) is 13.3. The molecular formula is C15H18N4S. The van der Waals surface area contributed by atoms with E-state index in [2.05, 4.69) is 43.4 Å². The third-order valence-corrected chi connectivity index (χ3v) is 4.07. The Kier molecular flexibility index (Phi) is 4.08. The molecule has 0 spiro atoms. The van der Waals surface area contributed by atoms with Crippen molar-refractivity contribution in [2.75, 3.05) is 6.54 Å². The summed E-state index contributed by atoms with van der Waals surface area (Å²) in [5.41, 5.74) is 3.42. The molecule has 0 bridgehead atoms. The molecule has 1 N–H and O–H groups in total. The normalized spacial score (nSPS) is 11.2. The molecule has 0 aliphatic carbocycles. The summed E-state index contributed by atoms with van der Waals surface area (Å²) < 4.78 is 2.21. The first-order chi connectivity index (χ1) is 9.83. The zero-order chi connectivity index (χ0) is 13.8. The van der Waals surface area contributed by atoms with Gasteiger partial charge in [0.25, 0.3) is 0 Å². The highest BCUT2D eigenvalue weighted by Gasteiger charge is 2.01. The number of fused-ring (bicyclic) bond motifs is 1. The number of nitrogens with one attached hydrogen (secondary N) is 1. The van der Waals surface area contributed by atoms with Crippen molar-refractivity contribution in [1.82, 2.24) is 19.9 Å². The lowest BCUT2D eigenvalue weighted by atomic mass is 10.3. The maximum atomic E-state index is 4.44. The van der Waals surface area contributed by atoms with Crippen molar-refractivity contribution >= 4 is 22.4 Å². The zero-order valence-electron chi connectivity index (χ0n) is 11.5. The number of hydrogen-bond donors (Lipinski definition) is 1. The van der Waals surface area contributed by atoms with Crippen molar-refractivity contribution in [3.8, 4) is 0 Å². The van der Waals surface area contributed by atoms with Gasteiger partial charge in [0, 0.05) is 18.5 Å². The van der Waals surface area contributed by atoms with Crippen molar-refractivity contribution in [3.63, 3.8) is 0 Å². The van der Waals surface area contributed by atoms with Crippen LogP contribution in [0.3, 0.4) is 0 Å². The van der Waals surface area contributed by atoms with Gasteiger partial charge in [-0.2, -0.15) is 0 Å². The van der Waals surface area contributed by atoms with Crippen molar-refractivity contribution < 1.29 is 0 Å². The molecule has 5 heteroatoms. The standard InChI is InChI=1S/C15H18N4S/c1-12-18-13(10-20-12)9-16-7-4-8-19-11-17-14-5-2-3-6-15(14)19/h2-3,5-6,10-11,16H,4,7-9H2,1H3. The topological polar surface area (TPSA) is 42.7 Å². The highest BCUT2D eigenvalue weighted by molar-refractivity contribution is 7.09. The van der Waals surface area contributed by atoms with E-state index in [0.29, 0.717) is 0 Å². The number of aryl methyl sites for hydroxylation is 2. The molecule has 0 saturated carbocycles. The minimum Gasteiger partial charge on any atom is -0.331 e. The molecule has 0 unspecified atom stereocenters. The lowest BCUT2D eigenvalue weighted by Crippen LogP contribution is -2.16. The molecule has 0 saturated heterocycles. The first-order valence-electron chi connectivity index (χ1n) is 6.84. The Morgan fingerprint density at radius 3 is 3.05 bits per heavy atom. The number of thiazole rings is 1. The fourth-order valence-electron chi connectivity index (χ4n) is 2.27. The molecule has 0 fully saturated rings. The van der Waals surface area contributed by atoms with E-state index in [9.17, 15) is 0 Å². The molecule has 2 aromatic heterocycles. The fraction of sp³-hybridized carbons (Fsp3) is 0.333. The van der Waals surface area contributed by atoms with Crippen LogP contribution in [-0.2, 0) is 13.1 Å². The van der Waals surface area contributed by atoms with Gasteiger partial charge in [0.05, 0.1) is 28.1 Å². The van der Waals surface area contributed by atoms with Gasteiger partial charge in [-0.05, 0) is 32.0 Å². The van der Waals surface area contributed by atoms with Crippen LogP contribution in [-0.4, -0.2) is 21.1 Å². The summed E-state index contributed by atoms with van der Waals surface area (Å²) >= 11 is 1.70. The number of rotatable bonds is 6. The predicted octanol–water partition coefficient (Wildman–Crippen LogP) is 2.98. The van der Waals surface area contributed by atoms with Gasteiger partial charge in [0.15, 0.2) is 0 Å². The van der Waals surface area contributed by atoms with Crippen molar-refractivity contribution in [2.45, 2.75) is 26.4 Å². The van der Waals surface area contributed by atoms with Crippen molar-refractivity contribution in [3.05, 3.63) is 46.7 Å². The second-order valence-electron chi connectivity index (χ2n) is 4.81. The van der Waals surface area contributed by atoms with Crippen molar-refractivity contribution in [1.29, 1.82) is 0 Å². The third-order valence-electron chi connectivity index (χ3n) is 3.25. The number of hydrogen-bond acceptors (Lipinski definition) is 4. The lowest BCUT2D eigenvalue weighted by molar-refractivity contribution is 0.585. The van der Waals surface area contributed by atoms with Crippen LogP contribution in [0.1, 0.15) is 17.1 Å². The average Bonchev–Trinajstić information content (AvgIpc) is 3.05. The summed E-state index contributed by atoms with van der Waals surface area (Å²) in [5, 5.41) is 6.68. The van der Waals surface area contributed by atoms with Crippen LogP contribution in [0.4, 0.5) is 0 Å². The molecule has 3 aromatic rings. The maximum Gasteiger partial charge on any atom is 0.0958 e. The molecule has 0 radical (unpaired) electrons. The quantitative estimate of drug-likeness (QED) is 0.708. The fourth-order valence-corrected chi connectivity index (χ4v) is 2.88. The van der Waals surface area contributed by atoms with Gasteiger partial charge in [-0.15, -0.1) is 11.3 Å². The molecular weight excluding hydrogens is 268 g/mol. The van der Waals surface area contributed by atoms with Crippen LogP contribution in [0.5, 0.6) is 0 Å². The van der Waals surface area contributed by atoms with E-state index >= 15 is 0 Å². The molecule has 20 heavy (non-hydrogen) atoms. The largest absolute Gasteiger partial charge is 0.331 e. The lowest BCUT2D eigenvalue weighted by Gasteiger charge is -2.05. The highest BCUT2D eigenvalue weighted by atomic mass is 32.1. The van der Waals surface area contributed by atoms with E-state index in [-0.39, 0.29) is 0 Å². The highest BCUT2D eigenvalue weighted by Crippen LogP contribution is 2.12. The zero-order valence-corrected chi connectivity index (χ0v) is 12.4. The van der Waals surface area contributed by atoms with Gasteiger partial charge < -0.3 is 9.88 Å². The van der Waals surface area contributed by atoms with Crippen LogP contribution >= 0.6 is 11.3 Å². The number of aromatic nitrogens is 3. The van der Waals surface area contributed by atoms with E-state index < -0.39 is 0 Å². The van der Waals surface area contributed by atoms with Crippen LogP contribution in [0.15, 0.2) is 36.0 Å². The Labute approximate surface area is 122 Å². The predicted molar refractivity (Wildman–Crippen MR) is 82.9 cm³/mol. The van der Waals surface area contributed by atoms with E-state index in [1.807, 2.05) is 19.3 Å². The second kappa shape index (κ2) is 6.15. The minimum atomic E-state index is 0.856. The number of nitrogens with zero attached hydrogens (tertiary/aromatic N) is 3. The Hall–Kier alpha value is -1.72.